The molecule has 0 atom stereocenters. The number of allylic oxidation sites excluding steroid dienone is 1. The quantitative estimate of drug-likeness (QED) is 0.382. The van der Waals surface area contributed by atoms with Gasteiger partial charge in [-0.15, -0.1) is 0 Å². The molecule has 0 saturated carbocycles. The van der Waals surface area contributed by atoms with Gasteiger partial charge < -0.3 is 0 Å². The number of fused-ring (bicyclic) bond motifs is 1. The molecular weight excluding hydrogens is 362 g/mol. The number of benzene rings is 2. The number of rotatable bonds is 4. The molecule has 29 heavy (non-hydrogen) atoms. The van der Waals surface area contributed by atoms with Crippen LogP contribution in [0, 0.1) is 13.8 Å². The standard InChI is InChI=1S/C24H19N3O2/c1-16-15-17(2)27(26-16)24(29)20-10-7-18(8-11-20)9-14-23(28)22-13-12-19-5-3-4-6-21(19)25-22/h3-15H,1-2H3. The highest BCUT2D eigenvalue weighted by Gasteiger charge is 2.12. The summed E-state index contributed by atoms with van der Waals surface area (Å²) in [7, 11) is 0. The number of hydrogen-bond acceptors (Lipinski definition) is 4. The third-order valence-corrected chi connectivity index (χ3v) is 4.64. The fraction of sp³-hybridized carbons (Fsp3) is 0.0833. The molecule has 0 bridgehead atoms. The second-order valence-corrected chi connectivity index (χ2v) is 6.85. The van der Waals surface area contributed by atoms with Crippen LogP contribution in [0.4, 0.5) is 0 Å². The van der Waals surface area contributed by atoms with Crippen LogP contribution in [-0.4, -0.2) is 26.5 Å². The number of nitrogens with zero attached hydrogens (tertiary/aromatic N) is 3. The zero-order valence-electron chi connectivity index (χ0n) is 16.2. The fourth-order valence-electron chi connectivity index (χ4n) is 3.15. The number of aromatic nitrogens is 3. The van der Waals surface area contributed by atoms with Crippen LogP contribution in [-0.2, 0) is 0 Å². The Balaban J connectivity index is 1.50. The summed E-state index contributed by atoms with van der Waals surface area (Å²) >= 11 is 0. The van der Waals surface area contributed by atoms with Gasteiger partial charge in [-0.05, 0) is 55.8 Å². The highest BCUT2D eigenvalue weighted by Crippen LogP contribution is 2.14. The first-order valence-corrected chi connectivity index (χ1v) is 9.27. The van der Waals surface area contributed by atoms with E-state index in [2.05, 4.69) is 10.1 Å². The summed E-state index contributed by atoms with van der Waals surface area (Å²) in [5.41, 5.74) is 4.15. The SMILES string of the molecule is Cc1cc(C)n(C(=O)c2ccc(C=CC(=O)c3ccc4ccccc4n3)cc2)n1. The highest BCUT2D eigenvalue weighted by molar-refractivity contribution is 6.06. The first-order valence-electron chi connectivity index (χ1n) is 9.27. The minimum absolute atomic E-state index is 0.168. The molecule has 0 radical (unpaired) electrons. The molecule has 2 aromatic heterocycles. The van der Waals surface area contributed by atoms with Crippen LogP contribution >= 0.6 is 0 Å². The van der Waals surface area contributed by atoms with Gasteiger partial charge >= 0.3 is 0 Å². The lowest BCUT2D eigenvalue weighted by atomic mass is 10.1. The first kappa shape index (κ1) is 18.5. The van der Waals surface area contributed by atoms with Crippen molar-refractivity contribution in [2.75, 3.05) is 0 Å². The Kier molecular flexibility index (Phi) is 4.87. The van der Waals surface area contributed by atoms with E-state index in [0.717, 1.165) is 27.9 Å². The number of carbonyl (C=O) groups excluding carboxylic acids is 2. The highest BCUT2D eigenvalue weighted by atomic mass is 16.2. The molecule has 4 aromatic rings. The molecule has 2 heterocycles. The maximum absolute atomic E-state index is 12.6. The van der Waals surface area contributed by atoms with E-state index in [4.69, 9.17) is 0 Å². The van der Waals surface area contributed by atoms with Crippen LogP contribution in [0.3, 0.4) is 0 Å². The van der Waals surface area contributed by atoms with Gasteiger partial charge in [0.25, 0.3) is 5.91 Å². The molecular formula is C24H19N3O2. The van der Waals surface area contributed by atoms with Gasteiger partial charge in [0.05, 0.1) is 11.2 Å². The molecule has 5 heteroatoms. The van der Waals surface area contributed by atoms with Crippen molar-refractivity contribution in [2.45, 2.75) is 13.8 Å². The summed E-state index contributed by atoms with van der Waals surface area (Å²) in [6, 6.07) is 20.2. The van der Waals surface area contributed by atoms with Crippen LogP contribution in [0.5, 0.6) is 0 Å². The van der Waals surface area contributed by atoms with E-state index >= 15 is 0 Å². The zero-order valence-corrected chi connectivity index (χ0v) is 16.2. The maximum atomic E-state index is 12.6. The van der Waals surface area contributed by atoms with Crippen molar-refractivity contribution in [3.63, 3.8) is 0 Å². The molecule has 142 valence electrons. The zero-order chi connectivity index (χ0) is 20.4. The largest absolute Gasteiger partial charge is 0.288 e. The molecule has 0 aliphatic rings. The predicted molar refractivity (Wildman–Crippen MR) is 113 cm³/mol. The Bertz CT molecular complexity index is 1250. The van der Waals surface area contributed by atoms with Crippen molar-refractivity contribution in [3.8, 4) is 0 Å². The second-order valence-electron chi connectivity index (χ2n) is 6.85. The van der Waals surface area contributed by atoms with Crippen molar-refractivity contribution in [3.05, 3.63) is 101 Å². The molecule has 0 unspecified atom stereocenters. The lowest BCUT2D eigenvalue weighted by Gasteiger charge is -2.03. The minimum Gasteiger partial charge on any atom is -0.288 e. The van der Waals surface area contributed by atoms with Gasteiger partial charge in [0.15, 0.2) is 0 Å². The van der Waals surface area contributed by atoms with Gasteiger partial charge in [-0.25, -0.2) is 9.67 Å². The molecule has 0 aliphatic heterocycles. The monoisotopic (exact) mass is 381 g/mol. The van der Waals surface area contributed by atoms with Gasteiger partial charge in [-0.1, -0.05) is 42.5 Å². The van der Waals surface area contributed by atoms with E-state index < -0.39 is 0 Å². The van der Waals surface area contributed by atoms with Crippen LogP contribution in [0.1, 0.15) is 37.8 Å². The fourth-order valence-corrected chi connectivity index (χ4v) is 3.15. The lowest BCUT2D eigenvalue weighted by Crippen LogP contribution is -2.15. The molecule has 0 fully saturated rings. The Labute approximate surface area is 168 Å². The predicted octanol–water partition coefficient (Wildman–Crippen LogP) is 4.63. The number of para-hydroxylation sites is 1. The average molecular weight is 381 g/mol. The Hall–Kier alpha value is -3.86. The molecule has 0 N–H and O–H groups in total. The topological polar surface area (TPSA) is 64.8 Å². The third kappa shape index (κ3) is 3.89. The molecule has 0 aliphatic carbocycles. The summed E-state index contributed by atoms with van der Waals surface area (Å²) < 4.78 is 1.40. The molecule has 2 aromatic carbocycles. The van der Waals surface area contributed by atoms with Crippen molar-refractivity contribution >= 4 is 28.7 Å². The summed E-state index contributed by atoms with van der Waals surface area (Å²) in [4.78, 5) is 29.4. The van der Waals surface area contributed by atoms with E-state index in [0.29, 0.717) is 11.3 Å². The van der Waals surface area contributed by atoms with E-state index in [9.17, 15) is 9.59 Å². The molecule has 0 amide bonds. The second kappa shape index (κ2) is 7.64. The summed E-state index contributed by atoms with van der Waals surface area (Å²) in [6.45, 7) is 3.70. The number of hydrogen-bond donors (Lipinski definition) is 0. The van der Waals surface area contributed by atoms with Crippen LogP contribution < -0.4 is 0 Å². The van der Waals surface area contributed by atoms with Crippen LogP contribution in [0.2, 0.25) is 0 Å². The van der Waals surface area contributed by atoms with Crippen molar-refractivity contribution < 1.29 is 9.59 Å². The third-order valence-electron chi connectivity index (χ3n) is 4.64. The number of pyridine rings is 1. The van der Waals surface area contributed by atoms with E-state index in [-0.39, 0.29) is 11.7 Å². The Morgan fingerprint density at radius 1 is 0.931 bits per heavy atom. The van der Waals surface area contributed by atoms with Crippen molar-refractivity contribution in [2.24, 2.45) is 0 Å². The minimum atomic E-state index is -0.178. The molecule has 0 saturated heterocycles. The van der Waals surface area contributed by atoms with Crippen molar-refractivity contribution in [1.29, 1.82) is 0 Å². The van der Waals surface area contributed by atoms with Crippen molar-refractivity contribution in [1.82, 2.24) is 14.8 Å². The molecule has 4 rings (SSSR count). The van der Waals surface area contributed by atoms with E-state index in [1.807, 2.05) is 50.2 Å². The maximum Gasteiger partial charge on any atom is 0.278 e. The van der Waals surface area contributed by atoms with E-state index in [1.54, 1.807) is 36.4 Å². The first-order chi connectivity index (χ1) is 14.0. The van der Waals surface area contributed by atoms with E-state index in [1.165, 1.54) is 10.8 Å². The van der Waals surface area contributed by atoms with Gasteiger partial charge in [-0.2, -0.15) is 5.10 Å². The Morgan fingerprint density at radius 2 is 1.69 bits per heavy atom. The lowest BCUT2D eigenvalue weighted by molar-refractivity contribution is 0.0941. The number of carbonyl (C=O) groups is 2. The van der Waals surface area contributed by atoms with Gasteiger partial charge in [0, 0.05) is 16.6 Å². The average Bonchev–Trinajstić information content (AvgIpc) is 3.09. The van der Waals surface area contributed by atoms with Gasteiger partial charge in [-0.3, -0.25) is 9.59 Å². The van der Waals surface area contributed by atoms with Gasteiger partial charge in [0.2, 0.25) is 5.78 Å². The summed E-state index contributed by atoms with van der Waals surface area (Å²) in [6.07, 6.45) is 3.21. The normalized spacial score (nSPS) is 11.2. The number of aryl methyl sites for hydroxylation is 2. The number of ketones is 1. The smallest absolute Gasteiger partial charge is 0.278 e. The summed E-state index contributed by atoms with van der Waals surface area (Å²) in [5, 5.41) is 5.22. The molecule has 0 spiro atoms. The summed E-state index contributed by atoms with van der Waals surface area (Å²) in [5.74, 6) is -0.346. The van der Waals surface area contributed by atoms with Gasteiger partial charge in [0.1, 0.15) is 5.69 Å². The van der Waals surface area contributed by atoms with Crippen LogP contribution in [0.25, 0.3) is 17.0 Å². The van der Waals surface area contributed by atoms with Crippen LogP contribution in [0.15, 0.2) is 72.8 Å². The Morgan fingerprint density at radius 3 is 2.41 bits per heavy atom. The molecule has 5 nitrogen and oxygen atoms in total.